The summed E-state index contributed by atoms with van der Waals surface area (Å²) in [5.41, 5.74) is 1.99. The van der Waals surface area contributed by atoms with Crippen molar-refractivity contribution in [2.75, 3.05) is 6.61 Å². The van der Waals surface area contributed by atoms with Crippen molar-refractivity contribution in [1.82, 2.24) is 10.2 Å². The van der Waals surface area contributed by atoms with E-state index in [1.54, 1.807) is 11.8 Å². The maximum absolute atomic E-state index is 13.1. The first-order chi connectivity index (χ1) is 14.2. The van der Waals surface area contributed by atoms with Crippen molar-refractivity contribution in [2.45, 2.75) is 59.2 Å². The van der Waals surface area contributed by atoms with E-state index in [0.717, 1.165) is 15.6 Å². The normalized spacial score (nSPS) is 12.0. The van der Waals surface area contributed by atoms with Crippen LogP contribution < -0.4 is 10.1 Å². The number of amides is 2. The van der Waals surface area contributed by atoms with E-state index in [0.29, 0.717) is 12.3 Å². The predicted molar refractivity (Wildman–Crippen MR) is 123 cm³/mol. The smallest absolute Gasteiger partial charge is 0.261 e. The zero-order chi connectivity index (χ0) is 22.3. The summed E-state index contributed by atoms with van der Waals surface area (Å²) in [6.45, 7) is 9.91. The Bertz CT molecular complexity index is 867. The molecule has 0 heterocycles. The van der Waals surface area contributed by atoms with Crippen molar-refractivity contribution in [1.29, 1.82) is 0 Å². The molecule has 0 bridgehead atoms. The molecule has 0 aliphatic carbocycles. The second-order valence-electron chi connectivity index (χ2n) is 7.97. The largest absolute Gasteiger partial charge is 0.483 e. The Balaban J connectivity index is 2.20. The topological polar surface area (TPSA) is 58.6 Å². The number of rotatable bonds is 9. The van der Waals surface area contributed by atoms with Gasteiger partial charge in [0.25, 0.3) is 5.91 Å². The molecule has 0 aliphatic heterocycles. The Morgan fingerprint density at radius 2 is 1.73 bits per heavy atom. The molecule has 6 heteroatoms. The van der Waals surface area contributed by atoms with Gasteiger partial charge in [-0.05, 0) is 56.0 Å². The number of halogens is 1. The van der Waals surface area contributed by atoms with Crippen LogP contribution in [0.4, 0.5) is 0 Å². The molecule has 2 amide bonds. The summed E-state index contributed by atoms with van der Waals surface area (Å²) in [4.78, 5) is 27.3. The Morgan fingerprint density at radius 3 is 2.37 bits per heavy atom. The number of nitrogens with zero attached hydrogens (tertiary/aromatic N) is 1. The fourth-order valence-electron chi connectivity index (χ4n) is 3.13. The minimum Gasteiger partial charge on any atom is -0.483 e. The van der Waals surface area contributed by atoms with Crippen LogP contribution in [0, 0.1) is 0 Å². The predicted octanol–water partition coefficient (Wildman–Crippen LogP) is 4.89. The highest BCUT2D eigenvalue weighted by molar-refractivity contribution is 9.10. The summed E-state index contributed by atoms with van der Waals surface area (Å²) in [7, 11) is 0. The molecule has 2 aromatic carbocycles. The third kappa shape index (κ3) is 6.87. The lowest BCUT2D eigenvalue weighted by molar-refractivity contribution is -0.142. The van der Waals surface area contributed by atoms with Crippen molar-refractivity contribution in [3.8, 4) is 5.75 Å². The molecule has 30 heavy (non-hydrogen) atoms. The second kappa shape index (κ2) is 11.2. The van der Waals surface area contributed by atoms with E-state index in [1.807, 2.05) is 62.4 Å². The van der Waals surface area contributed by atoms with Gasteiger partial charge in [-0.2, -0.15) is 0 Å². The number of carbonyl (C=O) groups excluding carboxylic acids is 2. The van der Waals surface area contributed by atoms with Gasteiger partial charge in [0.05, 0.1) is 0 Å². The molecule has 0 radical (unpaired) electrons. The third-order valence-electron chi connectivity index (χ3n) is 4.73. The van der Waals surface area contributed by atoms with Crippen molar-refractivity contribution in [2.24, 2.45) is 0 Å². The number of carbonyl (C=O) groups is 2. The zero-order valence-corrected chi connectivity index (χ0v) is 19.9. The van der Waals surface area contributed by atoms with E-state index in [4.69, 9.17) is 4.74 Å². The fraction of sp³-hybridized carbons (Fsp3) is 0.417. The number of hydrogen-bond acceptors (Lipinski definition) is 3. The molecule has 0 aromatic heterocycles. The van der Waals surface area contributed by atoms with Gasteiger partial charge in [0.2, 0.25) is 5.91 Å². The van der Waals surface area contributed by atoms with Crippen LogP contribution in [0.2, 0.25) is 0 Å². The van der Waals surface area contributed by atoms with Crippen molar-refractivity contribution in [3.05, 3.63) is 64.1 Å². The number of nitrogens with one attached hydrogen (secondary N) is 1. The van der Waals surface area contributed by atoms with Crippen LogP contribution >= 0.6 is 15.9 Å². The minimum absolute atomic E-state index is 0.00283. The summed E-state index contributed by atoms with van der Waals surface area (Å²) in [6.07, 6.45) is 0. The molecule has 0 saturated heterocycles. The summed E-state index contributed by atoms with van der Waals surface area (Å²) in [6, 6.07) is 14.8. The van der Waals surface area contributed by atoms with E-state index >= 15 is 0 Å². The van der Waals surface area contributed by atoms with Gasteiger partial charge in [-0.15, -0.1) is 0 Å². The summed E-state index contributed by atoms with van der Waals surface area (Å²) in [5, 5.41) is 2.89. The third-order valence-corrected chi connectivity index (χ3v) is 5.23. The molecule has 162 valence electrons. The van der Waals surface area contributed by atoms with Crippen LogP contribution in [0.5, 0.6) is 5.75 Å². The molecule has 5 nitrogen and oxygen atoms in total. The van der Waals surface area contributed by atoms with Gasteiger partial charge in [0, 0.05) is 17.1 Å². The number of ether oxygens (including phenoxy) is 1. The standard InChI is InChI=1S/C24H31BrN2O3/c1-16(2)21-11-6-7-12-22(21)30-15-23(28)27(18(5)24(29)26-17(3)4)14-19-9-8-10-20(25)13-19/h6-13,16-18H,14-15H2,1-5H3,(H,26,29). The van der Waals surface area contributed by atoms with Crippen LogP contribution in [-0.4, -0.2) is 35.4 Å². The highest BCUT2D eigenvalue weighted by atomic mass is 79.9. The van der Waals surface area contributed by atoms with Crippen LogP contribution in [0.1, 0.15) is 51.7 Å². The van der Waals surface area contributed by atoms with E-state index in [-0.39, 0.29) is 30.4 Å². The fourth-order valence-corrected chi connectivity index (χ4v) is 3.58. The van der Waals surface area contributed by atoms with Crippen LogP contribution in [0.15, 0.2) is 53.0 Å². The highest BCUT2D eigenvalue weighted by Gasteiger charge is 2.27. The molecule has 1 atom stereocenters. The first-order valence-corrected chi connectivity index (χ1v) is 11.0. The minimum atomic E-state index is -0.622. The van der Waals surface area contributed by atoms with Crippen LogP contribution in [-0.2, 0) is 16.1 Å². The molecule has 2 aromatic rings. The van der Waals surface area contributed by atoms with Gasteiger partial charge in [0.15, 0.2) is 6.61 Å². The number of benzene rings is 2. The van der Waals surface area contributed by atoms with Crippen molar-refractivity contribution < 1.29 is 14.3 Å². The van der Waals surface area contributed by atoms with E-state index in [9.17, 15) is 9.59 Å². The highest BCUT2D eigenvalue weighted by Crippen LogP contribution is 2.26. The van der Waals surface area contributed by atoms with Crippen molar-refractivity contribution >= 4 is 27.7 Å². The SMILES string of the molecule is CC(C)NC(=O)C(C)N(Cc1cccc(Br)c1)C(=O)COc1ccccc1C(C)C. The maximum atomic E-state index is 13.1. The van der Waals surface area contributed by atoms with E-state index in [2.05, 4.69) is 35.1 Å². The molecule has 2 rings (SSSR count). The van der Waals surface area contributed by atoms with Gasteiger partial charge in [-0.1, -0.05) is 60.1 Å². The van der Waals surface area contributed by atoms with E-state index in [1.165, 1.54) is 0 Å². The molecular formula is C24H31BrN2O3. The lowest BCUT2D eigenvalue weighted by atomic mass is 10.0. The molecule has 0 fully saturated rings. The van der Waals surface area contributed by atoms with Crippen LogP contribution in [0.25, 0.3) is 0 Å². The Hall–Kier alpha value is -2.34. The van der Waals surface area contributed by atoms with Gasteiger partial charge in [-0.3, -0.25) is 9.59 Å². The summed E-state index contributed by atoms with van der Waals surface area (Å²) in [5.74, 6) is 0.559. The lowest BCUT2D eigenvalue weighted by Crippen LogP contribution is -2.50. The van der Waals surface area contributed by atoms with Crippen molar-refractivity contribution in [3.63, 3.8) is 0 Å². The Kier molecular flexibility index (Phi) is 8.90. The average Bonchev–Trinajstić information content (AvgIpc) is 2.69. The summed E-state index contributed by atoms with van der Waals surface area (Å²) < 4.78 is 6.81. The van der Waals surface area contributed by atoms with E-state index < -0.39 is 6.04 Å². The second-order valence-corrected chi connectivity index (χ2v) is 8.89. The zero-order valence-electron chi connectivity index (χ0n) is 18.3. The molecule has 1 N–H and O–H groups in total. The first kappa shape index (κ1) is 23.9. The monoisotopic (exact) mass is 474 g/mol. The summed E-state index contributed by atoms with van der Waals surface area (Å²) >= 11 is 3.46. The Morgan fingerprint density at radius 1 is 1.03 bits per heavy atom. The molecular weight excluding hydrogens is 444 g/mol. The molecule has 0 saturated carbocycles. The maximum Gasteiger partial charge on any atom is 0.261 e. The van der Waals surface area contributed by atoms with Gasteiger partial charge >= 0.3 is 0 Å². The first-order valence-electron chi connectivity index (χ1n) is 10.2. The van der Waals surface area contributed by atoms with Gasteiger partial charge in [0.1, 0.15) is 11.8 Å². The number of para-hydroxylation sites is 1. The number of hydrogen-bond donors (Lipinski definition) is 1. The lowest BCUT2D eigenvalue weighted by Gasteiger charge is -2.29. The molecule has 0 spiro atoms. The van der Waals surface area contributed by atoms with Gasteiger partial charge < -0.3 is 15.0 Å². The molecule has 0 aliphatic rings. The molecule has 1 unspecified atom stereocenters. The Labute approximate surface area is 187 Å². The quantitative estimate of drug-likeness (QED) is 0.562. The van der Waals surface area contributed by atoms with Crippen LogP contribution in [0.3, 0.4) is 0 Å². The average molecular weight is 475 g/mol. The van der Waals surface area contributed by atoms with Gasteiger partial charge in [-0.25, -0.2) is 0 Å².